The summed E-state index contributed by atoms with van der Waals surface area (Å²) in [6, 6.07) is 15.3. The number of hydrogen-bond donors (Lipinski definition) is 2. The number of rotatable bonds is 6. The fraction of sp³-hybridized carbons (Fsp3) is 0.381. The Morgan fingerprint density at radius 1 is 1.04 bits per heavy atom. The third kappa shape index (κ3) is 3.58. The first kappa shape index (κ1) is 18.0. The summed E-state index contributed by atoms with van der Waals surface area (Å²) in [5.74, 6) is 0.124. The highest BCUT2D eigenvalue weighted by Gasteiger charge is 2.48. The number of anilines is 2. The van der Waals surface area contributed by atoms with Gasteiger partial charge in [0.15, 0.2) is 0 Å². The van der Waals surface area contributed by atoms with Gasteiger partial charge < -0.3 is 5.32 Å². The number of nitrogens with one attached hydrogen (secondary N) is 2. The van der Waals surface area contributed by atoms with Gasteiger partial charge in [-0.2, -0.15) is 0 Å². The maximum absolute atomic E-state index is 12.5. The minimum atomic E-state index is -3.43. The summed E-state index contributed by atoms with van der Waals surface area (Å²) in [5, 5.41) is 2.96. The van der Waals surface area contributed by atoms with Crippen molar-refractivity contribution in [2.75, 3.05) is 15.8 Å². The number of aryl methyl sites for hydroxylation is 1. The van der Waals surface area contributed by atoms with Crippen molar-refractivity contribution >= 4 is 27.3 Å². The van der Waals surface area contributed by atoms with Crippen molar-refractivity contribution in [3.63, 3.8) is 0 Å². The second-order valence-corrected chi connectivity index (χ2v) is 9.36. The Morgan fingerprint density at radius 3 is 2.52 bits per heavy atom. The molecular formula is C21H24N2O3S. The Bertz CT molecular complexity index is 949. The molecule has 0 unspecified atom stereocenters. The Morgan fingerprint density at radius 2 is 1.78 bits per heavy atom. The summed E-state index contributed by atoms with van der Waals surface area (Å²) >= 11 is 0. The van der Waals surface area contributed by atoms with Crippen molar-refractivity contribution in [3.05, 3.63) is 59.7 Å². The summed E-state index contributed by atoms with van der Waals surface area (Å²) in [4.78, 5) is 12.5. The third-order valence-electron chi connectivity index (χ3n) is 5.67. The number of benzene rings is 2. The summed E-state index contributed by atoms with van der Waals surface area (Å²) in [6.45, 7) is 0. The lowest BCUT2D eigenvalue weighted by Crippen LogP contribution is -2.31. The molecule has 27 heavy (non-hydrogen) atoms. The first-order chi connectivity index (χ1) is 13.0. The van der Waals surface area contributed by atoms with Gasteiger partial charge in [-0.3, -0.25) is 9.52 Å². The lowest BCUT2D eigenvalue weighted by molar-refractivity contribution is -0.120. The topological polar surface area (TPSA) is 75.3 Å². The van der Waals surface area contributed by atoms with E-state index in [4.69, 9.17) is 0 Å². The predicted octanol–water partition coefficient (Wildman–Crippen LogP) is 3.83. The Kier molecular flexibility index (Phi) is 4.68. The van der Waals surface area contributed by atoms with Gasteiger partial charge >= 0.3 is 0 Å². The summed E-state index contributed by atoms with van der Waals surface area (Å²) in [7, 11) is -3.43. The van der Waals surface area contributed by atoms with E-state index < -0.39 is 15.4 Å². The van der Waals surface area contributed by atoms with Crippen molar-refractivity contribution in [2.24, 2.45) is 0 Å². The fourth-order valence-corrected chi connectivity index (χ4v) is 5.41. The molecule has 2 N–H and O–H groups in total. The van der Waals surface area contributed by atoms with Gasteiger partial charge in [0.1, 0.15) is 0 Å². The van der Waals surface area contributed by atoms with Crippen LogP contribution in [-0.2, 0) is 26.7 Å². The molecule has 1 aliphatic heterocycles. The van der Waals surface area contributed by atoms with Crippen LogP contribution in [0.4, 0.5) is 11.4 Å². The number of fused-ring (bicyclic) bond motifs is 2. The highest BCUT2D eigenvalue weighted by atomic mass is 32.2. The van der Waals surface area contributed by atoms with Crippen LogP contribution in [0.25, 0.3) is 0 Å². The molecule has 1 amide bonds. The third-order valence-corrected chi connectivity index (χ3v) is 7.04. The average Bonchev–Trinajstić information content (AvgIpc) is 3.23. The van der Waals surface area contributed by atoms with E-state index in [9.17, 15) is 13.2 Å². The van der Waals surface area contributed by atoms with Gasteiger partial charge in [-0.15, -0.1) is 0 Å². The summed E-state index contributed by atoms with van der Waals surface area (Å²) in [5.41, 5.74) is 2.96. The van der Waals surface area contributed by atoms with Gasteiger partial charge in [0.2, 0.25) is 15.9 Å². The molecule has 5 nitrogen and oxygen atoms in total. The predicted molar refractivity (Wildman–Crippen MR) is 107 cm³/mol. The lowest BCUT2D eigenvalue weighted by atomic mass is 9.80. The normalized spacial score (nSPS) is 17.7. The van der Waals surface area contributed by atoms with Gasteiger partial charge in [0, 0.05) is 11.4 Å². The smallest absolute Gasteiger partial charge is 0.235 e. The molecular weight excluding hydrogens is 360 g/mol. The Hall–Kier alpha value is -2.34. The van der Waals surface area contributed by atoms with Gasteiger partial charge in [-0.05, 0) is 55.0 Å². The second kappa shape index (κ2) is 7.00. The number of carbonyl (C=O) groups is 1. The van der Waals surface area contributed by atoms with Crippen molar-refractivity contribution in [1.29, 1.82) is 0 Å². The zero-order valence-corrected chi connectivity index (χ0v) is 16.0. The minimum Gasteiger partial charge on any atom is -0.325 e. The van der Waals surface area contributed by atoms with Crippen molar-refractivity contribution < 1.29 is 13.2 Å². The monoisotopic (exact) mass is 384 g/mol. The van der Waals surface area contributed by atoms with Gasteiger partial charge in [-0.25, -0.2) is 8.42 Å². The van der Waals surface area contributed by atoms with E-state index in [1.54, 1.807) is 6.07 Å². The lowest BCUT2D eigenvalue weighted by Gasteiger charge is -2.21. The average molecular weight is 385 g/mol. The maximum Gasteiger partial charge on any atom is 0.235 e. The molecule has 2 aromatic carbocycles. The first-order valence-corrected chi connectivity index (χ1v) is 11.1. The van der Waals surface area contributed by atoms with Gasteiger partial charge in [0.05, 0.1) is 11.2 Å². The quantitative estimate of drug-likeness (QED) is 0.795. The molecule has 1 heterocycles. The van der Waals surface area contributed by atoms with Crippen LogP contribution >= 0.6 is 0 Å². The SMILES string of the molecule is O=C1Nc2ccc(NS(=O)(=O)CCCc3ccccc3)cc2C12CCCC2. The molecule has 0 aromatic heterocycles. The number of carbonyl (C=O) groups excluding carboxylic acids is 1. The Labute approximate surface area is 160 Å². The van der Waals surface area contributed by atoms with Crippen LogP contribution in [0.5, 0.6) is 0 Å². The second-order valence-electron chi connectivity index (χ2n) is 7.51. The number of hydrogen-bond acceptors (Lipinski definition) is 3. The van der Waals surface area contributed by atoms with E-state index in [-0.39, 0.29) is 11.7 Å². The van der Waals surface area contributed by atoms with Crippen LogP contribution in [0.1, 0.15) is 43.2 Å². The van der Waals surface area contributed by atoms with E-state index in [1.165, 1.54) is 0 Å². The zero-order valence-electron chi connectivity index (χ0n) is 15.2. The fourth-order valence-electron chi connectivity index (χ4n) is 4.29. The molecule has 0 radical (unpaired) electrons. The van der Waals surface area contributed by atoms with Crippen LogP contribution in [0, 0.1) is 0 Å². The minimum absolute atomic E-state index is 0.0536. The van der Waals surface area contributed by atoms with E-state index in [0.717, 1.165) is 48.9 Å². The van der Waals surface area contributed by atoms with Crippen LogP contribution in [-0.4, -0.2) is 20.1 Å². The van der Waals surface area contributed by atoms with Crippen LogP contribution < -0.4 is 10.0 Å². The molecule has 142 valence electrons. The molecule has 2 aromatic rings. The number of amides is 1. The molecule has 0 bridgehead atoms. The van der Waals surface area contributed by atoms with Gasteiger partial charge in [-0.1, -0.05) is 43.2 Å². The number of sulfonamides is 1. The summed E-state index contributed by atoms with van der Waals surface area (Å²) < 4.78 is 27.6. The molecule has 1 fully saturated rings. The highest BCUT2D eigenvalue weighted by molar-refractivity contribution is 7.92. The van der Waals surface area contributed by atoms with Crippen molar-refractivity contribution in [2.45, 2.75) is 43.9 Å². The van der Waals surface area contributed by atoms with Crippen LogP contribution in [0.3, 0.4) is 0 Å². The summed E-state index contributed by atoms with van der Waals surface area (Å²) in [6.07, 6.45) is 5.02. The molecule has 1 spiro atoms. The molecule has 4 rings (SSSR count). The molecule has 1 saturated carbocycles. The largest absolute Gasteiger partial charge is 0.325 e. The standard InChI is InChI=1S/C21H24N2O3S/c24-20-21(12-4-5-13-21)18-15-17(10-11-19(18)22-20)23-27(25,26)14-6-9-16-7-2-1-3-8-16/h1-3,7-8,10-11,15,23H,4-6,9,12-14H2,(H,22,24). The molecule has 2 aliphatic rings. The molecule has 1 aliphatic carbocycles. The van der Waals surface area contributed by atoms with E-state index in [1.807, 2.05) is 42.5 Å². The van der Waals surface area contributed by atoms with E-state index >= 15 is 0 Å². The molecule has 0 atom stereocenters. The van der Waals surface area contributed by atoms with E-state index in [2.05, 4.69) is 10.0 Å². The Balaban J connectivity index is 1.45. The first-order valence-electron chi connectivity index (χ1n) is 9.49. The van der Waals surface area contributed by atoms with Crippen molar-refractivity contribution in [1.82, 2.24) is 0 Å². The highest BCUT2D eigenvalue weighted by Crippen LogP contribution is 2.49. The van der Waals surface area contributed by atoms with Crippen molar-refractivity contribution in [3.8, 4) is 0 Å². The van der Waals surface area contributed by atoms with Gasteiger partial charge in [0.25, 0.3) is 0 Å². The molecule has 6 heteroatoms. The van der Waals surface area contributed by atoms with Crippen LogP contribution in [0.2, 0.25) is 0 Å². The zero-order chi connectivity index (χ0) is 18.9. The van der Waals surface area contributed by atoms with Crippen LogP contribution in [0.15, 0.2) is 48.5 Å². The van der Waals surface area contributed by atoms with E-state index in [0.29, 0.717) is 12.1 Å². The molecule has 0 saturated heterocycles. The maximum atomic E-state index is 12.5.